The third-order valence-electron chi connectivity index (χ3n) is 1.88. The van der Waals surface area contributed by atoms with Crippen LogP contribution < -0.4 is 0 Å². The number of thiol groups is 1. The third-order valence-corrected chi connectivity index (χ3v) is 2.73. The Morgan fingerprint density at radius 2 is 1.82 bits per heavy atom. The maximum atomic E-state index is 11.4. The molecule has 0 aliphatic carbocycles. The summed E-state index contributed by atoms with van der Waals surface area (Å²) in [5, 5.41) is 0. The highest BCUT2D eigenvalue weighted by Gasteiger charge is 2.15. The molecule has 0 heterocycles. The Labute approximate surface area is 113 Å². The SMILES string of the molecule is CN(C)C(=O)C(S)OCCOCC(=S)N(C)C. The van der Waals surface area contributed by atoms with Gasteiger partial charge in [0.1, 0.15) is 4.99 Å². The molecule has 1 atom stereocenters. The zero-order chi connectivity index (χ0) is 13.4. The molecule has 0 aromatic carbocycles. The van der Waals surface area contributed by atoms with Gasteiger partial charge in [0, 0.05) is 28.2 Å². The van der Waals surface area contributed by atoms with E-state index in [1.54, 1.807) is 14.1 Å². The Kier molecular flexibility index (Phi) is 8.49. The van der Waals surface area contributed by atoms with Gasteiger partial charge in [0.15, 0.2) is 5.44 Å². The minimum Gasteiger partial charge on any atom is -0.372 e. The number of amides is 1. The monoisotopic (exact) mass is 280 g/mol. The molecule has 5 nitrogen and oxygen atoms in total. The van der Waals surface area contributed by atoms with E-state index in [1.165, 1.54) is 4.90 Å². The molecule has 0 aromatic heterocycles. The lowest BCUT2D eigenvalue weighted by molar-refractivity contribution is -0.136. The second kappa shape index (κ2) is 8.68. The number of carbonyl (C=O) groups is 1. The highest BCUT2D eigenvalue weighted by Crippen LogP contribution is 2.01. The van der Waals surface area contributed by atoms with Gasteiger partial charge in [-0.05, 0) is 0 Å². The minimum atomic E-state index is -0.741. The Balaban J connectivity index is 3.59. The fourth-order valence-electron chi connectivity index (χ4n) is 0.799. The van der Waals surface area contributed by atoms with Gasteiger partial charge in [-0.1, -0.05) is 12.2 Å². The average molecular weight is 280 g/mol. The molecule has 1 amide bonds. The maximum absolute atomic E-state index is 11.4. The van der Waals surface area contributed by atoms with Crippen molar-refractivity contribution in [3.63, 3.8) is 0 Å². The van der Waals surface area contributed by atoms with Gasteiger partial charge in [0.25, 0.3) is 5.91 Å². The first-order chi connectivity index (χ1) is 7.86. The average Bonchev–Trinajstić information content (AvgIpc) is 2.26. The van der Waals surface area contributed by atoms with Crippen molar-refractivity contribution in [1.82, 2.24) is 9.80 Å². The lowest BCUT2D eigenvalue weighted by Gasteiger charge is -2.17. The Hall–Kier alpha value is -0.370. The van der Waals surface area contributed by atoms with Crippen LogP contribution in [-0.4, -0.2) is 74.1 Å². The van der Waals surface area contributed by atoms with Crippen LogP contribution in [0.4, 0.5) is 0 Å². The van der Waals surface area contributed by atoms with Crippen molar-refractivity contribution in [3.05, 3.63) is 0 Å². The number of thiocarbonyl (C=S) groups is 1. The van der Waals surface area contributed by atoms with Crippen LogP contribution in [0.3, 0.4) is 0 Å². The van der Waals surface area contributed by atoms with Gasteiger partial charge in [0.2, 0.25) is 0 Å². The number of rotatable bonds is 7. The highest BCUT2D eigenvalue weighted by atomic mass is 32.1. The summed E-state index contributed by atoms with van der Waals surface area (Å²) in [7, 11) is 7.03. The van der Waals surface area contributed by atoms with Gasteiger partial charge < -0.3 is 19.3 Å². The van der Waals surface area contributed by atoms with Crippen molar-refractivity contribution < 1.29 is 14.3 Å². The van der Waals surface area contributed by atoms with Gasteiger partial charge in [-0.15, -0.1) is 12.6 Å². The molecule has 0 rings (SSSR count). The van der Waals surface area contributed by atoms with Crippen LogP contribution in [-0.2, 0) is 14.3 Å². The number of hydrogen-bond acceptors (Lipinski definition) is 5. The molecule has 0 spiro atoms. The van der Waals surface area contributed by atoms with Gasteiger partial charge in [-0.25, -0.2) is 0 Å². The van der Waals surface area contributed by atoms with Crippen LogP contribution in [0, 0.1) is 0 Å². The van der Waals surface area contributed by atoms with Gasteiger partial charge >= 0.3 is 0 Å². The van der Waals surface area contributed by atoms with E-state index in [4.69, 9.17) is 21.7 Å². The van der Waals surface area contributed by atoms with Crippen molar-refractivity contribution in [2.75, 3.05) is 48.0 Å². The molecule has 17 heavy (non-hydrogen) atoms. The molecule has 0 aliphatic rings. The fraction of sp³-hybridized carbons (Fsp3) is 0.800. The van der Waals surface area contributed by atoms with E-state index in [0.717, 1.165) is 4.99 Å². The quantitative estimate of drug-likeness (QED) is 0.313. The molecule has 0 aromatic rings. The second-order valence-corrected chi connectivity index (χ2v) is 4.74. The van der Waals surface area contributed by atoms with Crippen LogP contribution in [0.1, 0.15) is 0 Å². The predicted octanol–water partition coefficient (Wildman–Crippen LogP) is 0.253. The first-order valence-electron chi connectivity index (χ1n) is 5.15. The van der Waals surface area contributed by atoms with E-state index in [9.17, 15) is 4.79 Å². The third kappa shape index (κ3) is 7.54. The lowest BCUT2D eigenvalue weighted by Crippen LogP contribution is -2.33. The van der Waals surface area contributed by atoms with E-state index < -0.39 is 5.44 Å². The van der Waals surface area contributed by atoms with Crippen molar-refractivity contribution in [1.29, 1.82) is 0 Å². The molecule has 0 bridgehead atoms. The van der Waals surface area contributed by atoms with Crippen LogP contribution >= 0.6 is 24.8 Å². The second-order valence-electron chi connectivity index (χ2n) is 3.80. The fourth-order valence-corrected chi connectivity index (χ4v) is 1.22. The zero-order valence-electron chi connectivity index (χ0n) is 10.7. The summed E-state index contributed by atoms with van der Waals surface area (Å²) in [6.07, 6.45) is 0. The van der Waals surface area contributed by atoms with Gasteiger partial charge in [-0.3, -0.25) is 4.79 Å². The van der Waals surface area contributed by atoms with Gasteiger partial charge in [-0.2, -0.15) is 0 Å². The van der Waals surface area contributed by atoms with Crippen molar-refractivity contribution in [2.24, 2.45) is 0 Å². The number of likely N-dealkylation sites (N-methyl/N-ethyl adjacent to an activating group) is 2. The summed E-state index contributed by atoms with van der Waals surface area (Å²) in [5.74, 6) is -0.183. The zero-order valence-corrected chi connectivity index (χ0v) is 12.4. The van der Waals surface area contributed by atoms with Crippen LogP contribution in [0.15, 0.2) is 0 Å². The first kappa shape index (κ1) is 16.6. The van der Waals surface area contributed by atoms with Crippen molar-refractivity contribution in [3.8, 4) is 0 Å². The van der Waals surface area contributed by atoms with E-state index >= 15 is 0 Å². The Morgan fingerprint density at radius 1 is 1.24 bits per heavy atom. The summed E-state index contributed by atoms with van der Waals surface area (Å²) >= 11 is 9.08. The molecule has 1 unspecified atom stereocenters. The topological polar surface area (TPSA) is 42.0 Å². The molecule has 100 valence electrons. The van der Waals surface area contributed by atoms with E-state index in [-0.39, 0.29) is 5.91 Å². The molecule has 7 heteroatoms. The number of ether oxygens (including phenoxy) is 2. The number of nitrogens with zero attached hydrogens (tertiary/aromatic N) is 2. The molecule has 0 saturated heterocycles. The van der Waals surface area contributed by atoms with E-state index in [2.05, 4.69) is 12.6 Å². The molecular weight excluding hydrogens is 260 g/mol. The van der Waals surface area contributed by atoms with Crippen LogP contribution in [0.5, 0.6) is 0 Å². The van der Waals surface area contributed by atoms with Crippen LogP contribution in [0.25, 0.3) is 0 Å². The Morgan fingerprint density at radius 3 is 2.29 bits per heavy atom. The lowest BCUT2D eigenvalue weighted by atomic mass is 10.6. The summed E-state index contributed by atoms with van der Waals surface area (Å²) < 4.78 is 10.5. The molecular formula is C10H20N2O3S2. The number of carbonyl (C=O) groups excluding carboxylic acids is 1. The first-order valence-corrected chi connectivity index (χ1v) is 6.07. The molecule has 0 N–H and O–H groups in total. The smallest absolute Gasteiger partial charge is 0.261 e. The molecule has 0 aliphatic heterocycles. The van der Waals surface area contributed by atoms with E-state index in [1.807, 2.05) is 19.0 Å². The normalized spacial score (nSPS) is 12.1. The molecule has 0 saturated carbocycles. The standard InChI is InChI=1S/C10H20N2O3S2/c1-11(2)8(16)7-14-5-6-15-10(17)9(13)12(3)4/h10,17H,5-7H2,1-4H3. The van der Waals surface area contributed by atoms with E-state index in [0.29, 0.717) is 19.8 Å². The van der Waals surface area contributed by atoms with Crippen LogP contribution in [0.2, 0.25) is 0 Å². The van der Waals surface area contributed by atoms with Crippen molar-refractivity contribution in [2.45, 2.75) is 5.44 Å². The number of hydrogen-bond donors (Lipinski definition) is 1. The van der Waals surface area contributed by atoms with Crippen molar-refractivity contribution >= 4 is 35.7 Å². The predicted molar refractivity (Wildman–Crippen MR) is 74.5 cm³/mol. The minimum absolute atomic E-state index is 0.183. The maximum Gasteiger partial charge on any atom is 0.261 e. The van der Waals surface area contributed by atoms with Gasteiger partial charge in [0.05, 0.1) is 19.8 Å². The largest absolute Gasteiger partial charge is 0.372 e. The Bertz CT molecular complexity index is 260. The summed E-state index contributed by atoms with van der Waals surface area (Å²) in [6, 6.07) is 0. The summed E-state index contributed by atoms with van der Waals surface area (Å²) in [4.78, 5) is 15.3. The summed E-state index contributed by atoms with van der Waals surface area (Å²) in [6.45, 7) is 1.07. The highest BCUT2D eigenvalue weighted by molar-refractivity contribution is 7.81. The molecule has 0 fully saturated rings. The molecule has 0 radical (unpaired) electrons. The summed E-state index contributed by atoms with van der Waals surface area (Å²) in [5.41, 5.74) is -0.741.